The van der Waals surface area contributed by atoms with Crippen molar-refractivity contribution >= 4 is 27.8 Å². The van der Waals surface area contributed by atoms with Gasteiger partial charge < -0.3 is 19.8 Å². The lowest BCUT2D eigenvalue weighted by Gasteiger charge is -2.12. The molecule has 2 heterocycles. The van der Waals surface area contributed by atoms with Crippen molar-refractivity contribution in [2.75, 3.05) is 12.8 Å². The third kappa shape index (κ3) is 4.38. The Bertz CT molecular complexity index is 1380. The van der Waals surface area contributed by atoms with Crippen molar-refractivity contribution in [3.05, 3.63) is 95.8 Å². The Morgan fingerprint density at radius 2 is 1.58 bits per heavy atom. The molecule has 2 N–H and O–H groups in total. The van der Waals surface area contributed by atoms with Crippen molar-refractivity contribution in [3.63, 3.8) is 0 Å². The first-order valence-corrected chi connectivity index (χ1v) is 11.0. The van der Waals surface area contributed by atoms with E-state index in [1.54, 1.807) is 7.11 Å². The van der Waals surface area contributed by atoms with Gasteiger partial charge >= 0.3 is 0 Å². The number of pyridine rings is 1. The molecule has 0 aliphatic carbocycles. The van der Waals surface area contributed by atoms with Gasteiger partial charge in [-0.25, -0.2) is 9.97 Å². The van der Waals surface area contributed by atoms with Crippen molar-refractivity contribution in [3.8, 4) is 5.75 Å². The zero-order valence-corrected chi connectivity index (χ0v) is 18.6. The van der Waals surface area contributed by atoms with Gasteiger partial charge in [0.1, 0.15) is 30.3 Å². The van der Waals surface area contributed by atoms with Crippen LogP contribution in [0.15, 0.2) is 78.9 Å². The molecule has 0 bridgehead atoms. The average Bonchev–Trinajstić information content (AvgIpc) is 3.22. The molecular formula is C27H26N4O2. The van der Waals surface area contributed by atoms with Crippen LogP contribution in [0.5, 0.6) is 5.75 Å². The van der Waals surface area contributed by atoms with Crippen LogP contribution in [0.4, 0.5) is 5.82 Å². The maximum atomic E-state index is 6.35. The van der Waals surface area contributed by atoms with E-state index in [9.17, 15) is 0 Å². The number of aryl methyl sites for hydroxylation is 2. The smallest absolute Gasteiger partial charge is 0.152 e. The van der Waals surface area contributed by atoms with Crippen molar-refractivity contribution < 1.29 is 9.47 Å². The molecule has 166 valence electrons. The fraction of sp³-hybridized carbons (Fsp3) is 0.185. The second-order valence-corrected chi connectivity index (χ2v) is 8.00. The summed E-state index contributed by atoms with van der Waals surface area (Å²) in [6.07, 6.45) is 0.880. The second-order valence-electron chi connectivity index (χ2n) is 8.00. The lowest BCUT2D eigenvalue weighted by molar-refractivity contribution is 0.174. The van der Waals surface area contributed by atoms with E-state index in [-0.39, 0.29) is 0 Å². The molecule has 5 aromatic rings. The molecule has 0 aliphatic heterocycles. The number of imidazole rings is 1. The highest BCUT2D eigenvalue weighted by Gasteiger charge is 2.18. The number of methoxy groups -OCH3 is 1. The van der Waals surface area contributed by atoms with Crippen LogP contribution in [0.1, 0.15) is 17.0 Å². The SMILES string of the molecule is COCc1nc2c(N)nc3cc(OCc4ccccc4)ccc3c2n1CCc1ccccc1. The zero-order valence-electron chi connectivity index (χ0n) is 18.6. The van der Waals surface area contributed by atoms with Crippen LogP contribution in [-0.4, -0.2) is 21.6 Å². The molecule has 0 fully saturated rings. The van der Waals surface area contributed by atoms with Crippen LogP contribution in [0.3, 0.4) is 0 Å². The van der Waals surface area contributed by atoms with Crippen molar-refractivity contribution in [2.24, 2.45) is 0 Å². The Kier molecular flexibility index (Phi) is 5.91. The number of nitrogens with zero attached hydrogens (tertiary/aromatic N) is 3. The van der Waals surface area contributed by atoms with E-state index in [4.69, 9.17) is 20.2 Å². The van der Waals surface area contributed by atoms with Gasteiger partial charge in [-0.1, -0.05) is 60.7 Å². The fourth-order valence-electron chi connectivity index (χ4n) is 4.13. The molecule has 0 unspecified atom stereocenters. The first-order chi connectivity index (χ1) is 16.2. The molecule has 0 radical (unpaired) electrons. The predicted octanol–water partition coefficient (Wildman–Crippen LogP) is 5.13. The second kappa shape index (κ2) is 9.30. The lowest BCUT2D eigenvalue weighted by atomic mass is 10.1. The first kappa shape index (κ1) is 21.0. The number of hydrogen-bond acceptors (Lipinski definition) is 5. The quantitative estimate of drug-likeness (QED) is 0.363. The minimum atomic E-state index is 0.405. The van der Waals surface area contributed by atoms with Crippen LogP contribution in [-0.2, 0) is 30.9 Å². The van der Waals surface area contributed by atoms with Crippen LogP contribution in [0.2, 0.25) is 0 Å². The highest BCUT2D eigenvalue weighted by atomic mass is 16.5. The summed E-state index contributed by atoms with van der Waals surface area (Å²) in [6.45, 7) is 1.67. The van der Waals surface area contributed by atoms with E-state index in [2.05, 4.69) is 33.8 Å². The summed E-state index contributed by atoms with van der Waals surface area (Å²) in [5.41, 5.74) is 11.2. The molecule has 33 heavy (non-hydrogen) atoms. The number of hydrogen-bond donors (Lipinski definition) is 1. The number of nitrogens with two attached hydrogens (primary N) is 1. The summed E-state index contributed by atoms with van der Waals surface area (Å²) in [7, 11) is 1.68. The molecule has 2 aromatic heterocycles. The van der Waals surface area contributed by atoms with Gasteiger partial charge in [-0.3, -0.25) is 0 Å². The third-order valence-corrected chi connectivity index (χ3v) is 5.74. The molecule has 5 rings (SSSR count). The van der Waals surface area contributed by atoms with Crippen molar-refractivity contribution in [1.82, 2.24) is 14.5 Å². The Balaban J connectivity index is 1.53. The fourth-order valence-corrected chi connectivity index (χ4v) is 4.13. The van der Waals surface area contributed by atoms with Gasteiger partial charge in [-0.05, 0) is 29.7 Å². The van der Waals surface area contributed by atoms with Gasteiger partial charge in [0.2, 0.25) is 0 Å². The Morgan fingerprint density at radius 3 is 2.30 bits per heavy atom. The van der Waals surface area contributed by atoms with Crippen LogP contribution in [0.25, 0.3) is 21.9 Å². The maximum Gasteiger partial charge on any atom is 0.152 e. The van der Waals surface area contributed by atoms with E-state index >= 15 is 0 Å². The predicted molar refractivity (Wildman–Crippen MR) is 131 cm³/mol. The monoisotopic (exact) mass is 438 g/mol. The Hall–Kier alpha value is -3.90. The topological polar surface area (TPSA) is 75.2 Å². The molecule has 0 saturated carbocycles. The summed E-state index contributed by atoms with van der Waals surface area (Å²) >= 11 is 0. The molecule has 0 saturated heterocycles. The zero-order chi connectivity index (χ0) is 22.6. The number of rotatable bonds is 8. The van der Waals surface area contributed by atoms with Crippen LogP contribution >= 0.6 is 0 Å². The molecule has 0 spiro atoms. The molecular weight excluding hydrogens is 412 g/mol. The van der Waals surface area contributed by atoms with Crippen LogP contribution in [0, 0.1) is 0 Å². The molecule has 0 atom stereocenters. The normalized spacial score (nSPS) is 11.3. The summed E-state index contributed by atoms with van der Waals surface area (Å²) in [6, 6.07) is 26.5. The van der Waals surface area contributed by atoms with Gasteiger partial charge in [0.15, 0.2) is 5.82 Å². The minimum absolute atomic E-state index is 0.405. The summed E-state index contributed by atoms with van der Waals surface area (Å²) < 4.78 is 13.6. The van der Waals surface area contributed by atoms with E-state index in [0.29, 0.717) is 24.5 Å². The summed E-state index contributed by atoms with van der Waals surface area (Å²) in [5, 5.41) is 0.995. The van der Waals surface area contributed by atoms with Gasteiger partial charge in [0.25, 0.3) is 0 Å². The number of fused-ring (bicyclic) bond motifs is 3. The van der Waals surface area contributed by atoms with E-state index in [1.807, 2.05) is 54.6 Å². The molecule has 6 nitrogen and oxygen atoms in total. The van der Waals surface area contributed by atoms with Gasteiger partial charge in [0, 0.05) is 25.1 Å². The largest absolute Gasteiger partial charge is 0.489 e. The maximum absolute atomic E-state index is 6.35. The van der Waals surface area contributed by atoms with E-state index in [0.717, 1.165) is 46.5 Å². The average molecular weight is 439 g/mol. The summed E-state index contributed by atoms with van der Waals surface area (Å²) in [5.74, 6) is 2.01. The highest BCUT2D eigenvalue weighted by Crippen LogP contribution is 2.31. The minimum Gasteiger partial charge on any atom is -0.489 e. The van der Waals surface area contributed by atoms with Crippen LogP contribution < -0.4 is 10.5 Å². The molecule has 0 amide bonds. The Morgan fingerprint density at radius 1 is 0.848 bits per heavy atom. The van der Waals surface area contributed by atoms with Gasteiger partial charge in [0.05, 0.1) is 11.0 Å². The van der Waals surface area contributed by atoms with Crippen molar-refractivity contribution in [1.29, 1.82) is 0 Å². The van der Waals surface area contributed by atoms with Crippen molar-refractivity contribution in [2.45, 2.75) is 26.2 Å². The standard InChI is InChI=1S/C27H26N4O2/c1-32-18-24-30-25-26(31(24)15-14-19-8-4-2-5-9-19)22-13-12-21(16-23(22)29-27(25)28)33-17-20-10-6-3-7-11-20/h2-13,16H,14-15,17-18H2,1H3,(H2,28,29). The number of aromatic nitrogens is 3. The van der Waals surface area contributed by atoms with E-state index in [1.165, 1.54) is 5.56 Å². The Labute approximate surface area is 192 Å². The molecule has 6 heteroatoms. The third-order valence-electron chi connectivity index (χ3n) is 5.74. The van der Waals surface area contributed by atoms with E-state index < -0.39 is 0 Å². The number of benzene rings is 3. The lowest BCUT2D eigenvalue weighted by Crippen LogP contribution is -2.07. The van der Waals surface area contributed by atoms with Gasteiger partial charge in [-0.15, -0.1) is 0 Å². The molecule has 0 aliphatic rings. The summed E-state index contributed by atoms with van der Waals surface area (Å²) in [4.78, 5) is 9.42. The number of anilines is 1. The van der Waals surface area contributed by atoms with Gasteiger partial charge in [-0.2, -0.15) is 0 Å². The first-order valence-electron chi connectivity index (χ1n) is 11.0. The molecule has 3 aromatic carbocycles. The number of ether oxygens (including phenoxy) is 2. The number of nitrogen functional groups attached to an aromatic ring is 1. The highest BCUT2D eigenvalue weighted by molar-refractivity contribution is 6.06.